The smallest absolute Gasteiger partial charge is 0.197 e. The molecule has 0 saturated heterocycles. The predicted molar refractivity (Wildman–Crippen MR) is 117 cm³/mol. The largest absolute Gasteiger partial charge is 0.267 e. The van der Waals surface area contributed by atoms with Crippen molar-refractivity contribution in [3.63, 3.8) is 0 Å². The normalized spacial score (nSPS) is 11.9. The second-order valence-electron chi connectivity index (χ2n) is 6.49. The van der Waals surface area contributed by atoms with Gasteiger partial charge in [-0.2, -0.15) is 0 Å². The average Bonchev–Trinajstić information content (AvgIpc) is 3.24. The summed E-state index contributed by atoms with van der Waals surface area (Å²) < 4.78 is 4.44. The van der Waals surface area contributed by atoms with Gasteiger partial charge in [0, 0.05) is 20.8 Å². The molecule has 27 heavy (non-hydrogen) atoms. The van der Waals surface area contributed by atoms with E-state index >= 15 is 0 Å². The molecule has 3 nitrogen and oxygen atoms in total. The van der Waals surface area contributed by atoms with Crippen molar-refractivity contribution in [2.24, 2.45) is 0 Å². The maximum Gasteiger partial charge on any atom is 0.197 e. The lowest BCUT2D eigenvalue weighted by Crippen LogP contribution is -1.91. The second kappa shape index (κ2) is 5.62. The number of imidazole rings is 1. The van der Waals surface area contributed by atoms with Gasteiger partial charge in [0.15, 0.2) is 10.6 Å². The molecule has 0 radical (unpaired) electrons. The third-order valence-corrected chi connectivity index (χ3v) is 6.40. The first-order chi connectivity index (χ1) is 13.3. The maximum absolute atomic E-state index is 5.11. The Bertz CT molecular complexity index is 1480. The van der Waals surface area contributed by atoms with E-state index in [-0.39, 0.29) is 0 Å². The van der Waals surface area contributed by atoms with Gasteiger partial charge in [-0.25, -0.2) is 9.97 Å². The summed E-state index contributed by atoms with van der Waals surface area (Å²) in [4.78, 5) is 11.0. The highest BCUT2D eigenvalue weighted by Gasteiger charge is 2.17. The Balaban J connectivity index is 1.85. The van der Waals surface area contributed by atoms with Gasteiger partial charge in [-0.15, -0.1) is 0 Å². The Morgan fingerprint density at radius 3 is 2.44 bits per heavy atom. The number of fused-ring (bicyclic) bond motifs is 7. The number of aromatic nitrogens is 3. The Morgan fingerprint density at radius 2 is 1.59 bits per heavy atom. The van der Waals surface area contributed by atoms with Crippen LogP contribution in [0.2, 0.25) is 0 Å². The van der Waals surface area contributed by atoms with E-state index in [1.165, 1.54) is 4.70 Å². The van der Waals surface area contributed by atoms with Gasteiger partial charge >= 0.3 is 0 Å². The molecule has 0 N–H and O–H groups in total. The first-order valence-electron chi connectivity index (χ1n) is 8.64. The van der Waals surface area contributed by atoms with Crippen LogP contribution in [-0.4, -0.2) is 14.4 Å². The summed E-state index contributed by atoms with van der Waals surface area (Å²) in [7, 11) is 0. The van der Waals surface area contributed by atoms with Gasteiger partial charge in [-0.3, -0.25) is 4.40 Å². The highest BCUT2D eigenvalue weighted by Crippen LogP contribution is 2.36. The van der Waals surface area contributed by atoms with Crippen molar-refractivity contribution in [1.82, 2.24) is 14.4 Å². The topological polar surface area (TPSA) is 30.2 Å². The molecular formula is C22H12BrN3S. The molecule has 0 aliphatic rings. The third kappa shape index (κ3) is 2.19. The van der Waals surface area contributed by atoms with Crippen LogP contribution in [0.1, 0.15) is 0 Å². The van der Waals surface area contributed by atoms with Gasteiger partial charge in [-0.05, 0) is 18.2 Å². The van der Waals surface area contributed by atoms with Crippen molar-refractivity contribution >= 4 is 64.4 Å². The summed E-state index contributed by atoms with van der Waals surface area (Å²) in [5.74, 6) is 0. The van der Waals surface area contributed by atoms with E-state index in [2.05, 4.69) is 87.1 Å². The molecule has 3 heterocycles. The fraction of sp³-hybridized carbons (Fsp3) is 0. The van der Waals surface area contributed by atoms with Gasteiger partial charge in [0.25, 0.3) is 0 Å². The van der Waals surface area contributed by atoms with Gasteiger partial charge < -0.3 is 0 Å². The number of nitrogens with zero attached hydrogens (tertiary/aromatic N) is 3. The van der Waals surface area contributed by atoms with Crippen molar-refractivity contribution in [2.75, 3.05) is 0 Å². The SMILES string of the molecule is Brc1ccc2sc3nc4c5ccccc5c(-c5ccccc5)nc4n3c2c1. The van der Waals surface area contributed by atoms with Crippen molar-refractivity contribution in [3.05, 3.63) is 77.3 Å². The number of thiazole rings is 1. The van der Waals surface area contributed by atoms with Gasteiger partial charge in [0.2, 0.25) is 0 Å². The van der Waals surface area contributed by atoms with Crippen LogP contribution in [-0.2, 0) is 0 Å². The number of pyridine rings is 1. The Kier molecular flexibility index (Phi) is 3.19. The molecule has 5 heteroatoms. The summed E-state index contributed by atoms with van der Waals surface area (Å²) in [6.45, 7) is 0. The quantitative estimate of drug-likeness (QED) is 0.291. The standard InChI is InChI=1S/C22H12BrN3S/c23-14-10-11-18-17(12-14)26-21-20(25-22(26)27-18)16-9-5-4-8-15(16)19(24-21)13-6-2-1-3-7-13/h1-12H. The van der Waals surface area contributed by atoms with E-state index in [9.17, 15) is 0 Å². The van der Waals surface area contributed by atoms with Crippen molar-refractivity contribution in [1.29, 1.82) is 0 Å². The van der Waals surface area contributed by atoms with Crippen molar-refractivity contribution < 1.29 is 0 Å². The minimum atomic E-state index is 0.909. The minimum absolute atomic E-state index is 0.909. The van der Waals surface area contributed by atoms with E-state index in [4.69, 9.17) is 9.97 Å². The van der Waals surface area contributed by atoms with Crippen molar-refractivity contribution in [3.8, 4) is 11.3 Å². The van der Waals surface area contributed by atoms with Crippen LogP contribution >= 0.6 is 27.3 Å². The molecule has 6 aromatic rings. The molecule has 0 aliphatic carbocycles. The molecule has 3 aromatic carbocycles. The summed E-state index contributed by atoms with van der Waals surface area (Å²) >= 11 is 5.29. The average molecular weight is 430 g/mol. The van der Waals surface area contributed by atoms with Crippen LogP contribution in [0.4, 0.5) is 0 Å². The third-order valence-electron chi connectivity index (χ3n) is 4.89. The summed E-state index contributed by atoms with van der Waals surface area (Å²) in [6.07, 6.45) is 0. The fourth-order valence-electron chi connectivity index (χ4n) is 3.69. The maximum atomic E-state index is 5.11. The Hall–Kier alpha value is -2.76. The highest BCUT2D eigenvalue weighted by atomic mass is 79.9. The van der Waals surface area contributed by atoms with E-state index < -0.39 is 0 Å². The van der Waals surface area contributed by atoms with Crippen LogP contribution in [0.3, 0.4) is 0 Å². The zero-order valence-corrected chi connectivity index (χ0v) is 16.5. The number of benzene rings is 3. The lowest BCUT2D eigenvalue weighted by molar-refractivity contribution is 1.27. The summed E-state index contributed by atoms with van der Waals surface area (Å²) in [5.41, 5.74) is 5.11. The van der Waals surface area contributed by atoms with E-state index in [0.29, 0.717) is 0 Å². The molecule has 0 bridgehead atoms. The molecular weight excluding hydrogens is 418 g/mol. The summed E-state index contributed by atoms with van der Waals surface area (Å²) in [6, 6.07) is 25.1. The molecule has 0 amide bonds. The summed E-state index contributed by atoms with van der Waals surface area (Å²) in [5, 5.41) is 2.27. The van der Waals surface area contributed by atoms with Crippen LogP contribution in [0.25, 0.3) is 48.4 Å². The minimum Gasteiger partial charge on any atom is -0.267 e. The van der Waals surface area contributed by atoms with Gasteiger partial charge in [-0.1, -0.05) is 81.9 Å². The molecule has 0 unspecified atom stereocenters. The van der Waals surface area contributed by atoms with Crippen LogP contribution in [0.15, 0.2) is 77.3 Å². The molecule has 0 atom stereocenters. The predicted octanol–water partition coefficient (Wildman–Crippen LogP) is 6.68. The van der Waals surface area contributed by atoms with Crippen LogP contribution in [0, 0.1) is 0 Å². The molecule has 128 valence electrons. The highest BCUT2D eigenvalue weighted by molar-refractivity contribution is 9.10. The zero-order chi connectivity index (χ0) is 18.0. The molecule has 0 fully saturated rings. The molecule has 3 aromatic heterocycles. The monoisotopic (exact) mass is 429 g/mol. The van der Waals surface area contributed by atoms with E-state index in [0.717, 1.165) is 48.1 Å². The van der Waals surface area contributed by atoms with Crippen LogP contribution in [0.5, 0.6) is 0 Å². The Morgan fingerprint density at radius 1 is 0.815 bits per heavy atom. The van der Waals surface area contributed by atoms with E-state index in [1.54, 1.807) is 11.3 Å². The first-order valence-corrected chi connectivity index (χ1v) is 10.2. The lowest BCUT2D eigenvalue weighted by atomic mass is 10.0. The first kappa shape index (κ1) is 15.3. The zero-order valence-electron chi connectivity index (χ0n) is 14.1. The molecule has 0 spiro atoms. The fourth-order valence-corrected chi connectivity index (χ4v) is 5.04. The van der Waals surface area contributed by atoms with E-state index in [1.807, 2.05) is 6.07 Å². The number of rotatable bonds is 1. The Labute approximate surface area is 167 Å². The number of halogens is 1. The number of hydrogen-bond donors (Lipinski definition) is 0. The molecule has 6 rings (SSSR count). The lowest BCUT2D eigenvalue weighted by Gasteiger charge is -2.07. The second-order valence-corrected chi connectivity index (χ2v) is 8.41. The molecule has 0 saturated carbocycles. The molecule has 0 aliphatic heterocycles. The van der Waals surface area contributed by atoms with Gasteiger partial charge in [0.05, 0.1) is 15.9 Å². The van der Waals surface area contributed by atoms with Crippen LogP contribution < -0.4 is 0 Å². The van der Waals surface area contributed by atoms with Gasteiger partial charge in [0.1, 0.15) is 5.52 Å². The number of hydrogen-bond acceptors (Lipinski definition) is 3. The van der Waals surface area contributed by atoms with Crippen molar-refractivity contribution in [2.45, 2.75) is 0 Å².